The molecule has 1 saturated heterocycles. The van der Waals surface area contributed by atoms with Crippen molar-refractivity contribution in [2.45, 2.75) is 12.8 Å². The largest absolute Gasteiger partial charge is 0.308 e. The smallest absolute Gasteiger partial charge is 0.281 e. The molecule has 0 spiro atoms. The lowest BCUT2D eigenvalue weighted by Crippen LogP contribution is -2.46. The summed E-state index contributed by atoms with van der Waals surface area (Å²) in [5.74, 6) is 0. The van der Waals surface area contributed by atoms with Crippen molar-refractivity contribution in [2.24, 2.45) is 0 Å². The van der Waals surface area contributed by atoms with Gasteiger partial charge in [0.25, 0.3) is 10.2 Å². The minimum Gasteiger partial charge on any atom is -0.308 e. The van der Waals surface area contributed by atoms with Crippen molar-refractivity contribution in [3.8, 4) is 0 Å². The summed E-state index contributed by atoms with van der Waals surface area (Å²) in [6.45, 7) is 2.52. The Labute approximate surface area is 99.2 Å². The second kappa shape index (κ2) is 5.95. The van der Waals surface area contributed by atoms with Crippen LogP contribution in [-0.2, 0) is 10.2 Å². The van der Waals surface area contributed by atoms with Crippen LogP contribution in [0.5, 0.6) is 0 Å². The maximum Gasteiger partial charge on any atom is 0.281 e. The summed E-state index contributed by atoms with van der Waals surface area (Å²) in [7, 11) is 2.29. The number of hydrogen-bond donors (Lipinski definition) is 0. The van der Waals surface area contributed by atoms with Gasteiger partial charge in [-0.05, 0) is 33.4 Å². The highest BCUT2D eigenvalue weighted by atomic mass is 32.2. The molecule has 0 unspecified atom stereocenters. The third kappa shape index (κ3) is 3.69. The Morgan fingerprint density at radius 1 is 1.12 bits per heavy atom. The molecule has 95 valence electrons. The first-order valence-electron chi connectivity index (χ1n) is 5.62. The van der Waals surface area contributed by atoms with E-state index in [1.165, 1.54) is 4.31 Å². The predicted octanol–water partition coefficient (Wildman–Crippen LogP) is 0.0247. The molecular weight excluding hydrogens is 226 g/mol. The monoisotopic (exact) mass is 248 g/mol. The van der Waals surface area contributed by atoms with E-state index in [1.807, 2.05) is 19.0 Å². The van der Waals surface area contributed by atoms with Gasteiger partial charge in [-0.25, -0.2) is 0 Å². The van der Waals surface area contributed by atoms with E-state index in [4.69, 9.17) is 0 Å². The van der Waals surface area contributed by atoms with E-state index in [2.05, 4.69) is 6.42 Å². The fraction of sp³-hybridized carbons (Fsp3) is 0.900. The zero-order valence-corrected chi connectivity index (χ0v) is 11.2. The third-order valence-corrected chi connectivity index (χ3v) is 4.74. The molecule has 1 aliphatic heterocycles. The summed E-state index contributed by atoms with van der Waals surface area (Å²) >= 11 is 0. The summed E-state index contributed by atoms with van der Waals surface area (Å²) < 4.78 is 27.2. The average molecular weight is 248 g/mol. The maximum atomic E-state index is 12.1. The van der Waals surface area contributed by atoms with Gasteiger partial charge in [-0.3, -0.25) is 0 Å². The van der Waals surface area contributed by atoms with E-state index in [-0.39, 0.29) is 0 Å². The van der Waals surface area contributed by atoms with Crippen molar-refractivity contribution in [1.29, 1.82) is 0 Å². The van der Waals surface area contributed by atoms with Crippen LogP contribution < -0.4 is 0 Å². The lowest BCUT2D eigenvalue weighted by molar-refractivity contribution is 0.317. The first-order chi connectivity index (χ1) is 7.44. The van der Waals surface area contributed by atoms with Crippen LogP contribution in [-0.4, -0.2) is 69.3 Å². The molecule has 1 aliphatic rings. The van der Waals surface area contributed by atoms with Crippen LogP contribution in [0.1, 0.15) is 12.8 Å². The van der Waals surface area contributed by atoms with Gasteiger partial charge in [-0.1, -0.05) is 0 Å². The van der Waals surface area contributed by atoms with Crippen molar-refractivity contribution in [3.63, 3.8) is 0 Å². The molecule has 5 nitrogen and oxygen atoms in total. The van der Waals surface area contributed by atoms with Gasteiger partial charge in [0.05, 0.1) is 0 Å². The standard InChI is InChI=1S/C10H22N3O2S/c1-11(2)9-10-12(3)16(14,15)13-7-5-4-6-8-13/h4H,5-10H2,1-3H3. The van der Waals surface area contributed by atoms with Crippen LogP contribution in [0.25, 0.3) is 0 Å². The van der Waals surface area contributed by atoms with Gasteiger partial charge in [-0.2, -0.15) is 17.0 Å². The molecule has 0 atom stereocenters. The van der Waals surface area contributed by atoms with Gasteiger partial charge < -0.3 is 4.90 Å². The van der Waals surface area contributed by atoms with E-state index in [1.54, 1.807) is 11.4 Å². The van der Waals surface area contributed by atoms with Crippen molar-refractivity contribution >= 4 is 10.2 Å². The van der Waals surface area contributed by atoms with Gasteiger partial charge in [-0.15, -0.1) is 0 Å². The molecule has 0 aromatic heterocycles. The lowest BCUT2D eigenvalue weighted by Gasteiger charge is -2.30. The lowest BCUT2D eigenvalue weighted by atomic mass is 10.2. The minimum atomic E-state index is -3.24. The van der Waals surface area contributed by atoms with Crippen LogP contribution in [0.2, 0.25) is 0 Å². The zero-order valence-electron chi connectivity index (χ0n) is 10.4. The summed E-state index contributed by atoms with van der Waals surface area (Å²) in [4.78, 5) is 1.98. The highest BCUT2D eigenvalue weighted by molar-refractivity contribution is 7.86. The summed E-state index contributed by atoms with van der Waals surface area (Å²) in [6.07, 6.45) is 3.87. The number of nitrogens with zero attached hydrogens (tertiary/aromatic N) is 3. The molecule has 1 radical (unpaired) electrons. The third-order valence-electron chi connectivity index (χ3n) is 2.75. The Morgan fingerprint density at radius 3 is 2.19 bits per heavy atom. The first kappa shape index (κ1) is 13.9. The van der Waals surface area contributed by atoms with Crippen LogP contribution in [0, 0.1) is 6.42 Å². The summed E-state index contributed by atoms with van der Waals surface area (Å²) in [6, 6.07) is 0. The summed E-state index contributed by atoms with van der Waals surface area (Å²) in [5.41, 5.74) is 0. The van der Waals surface area contributed by atoms with Gasteiger partial charge in [0.2, 0.25) is 0 Å². The topological polar surface area (TPSA) is 43.9 Å². The van der Waals surface area contributed by atoms with Crippen LogP contribution in [0.4, 0.5) is 0 Å². The normalized spacial score (nSPS) is 19.6. The van der Waals surface area contributed by atoms with E-state index >= 15 is 0 Å². The molecular formula is C10H22N3O2S. The Kier molecular flexibility index (Phi) is 5.17. The van der Waals surface area contributed by atoms with Gasteiger partial charge in [0.15, 0.2) is 0 Å². The van der Waals surface area contributed by atoms with Crippen molar-refractivity contribution < 1.29 is 8.42 Å². The SMILES string of the molecule is CN(C)CCN(C)S(=O)(=O)N1CC[CH]CC1. The molecule has 0 aromatic rings. The van der Waals surface area contributed by atoms with Crippen molar-refractivity contribution in [3.05, 3.63) is 6.42 Å². The van der Waals surface area contributed by atoms with Crippen LogP contribution >= 0.6 is 0 Å². The first-order valence-corrected chi connectivity index (χ1v) is 7.02. The van der Waals surface area contributed by atoms with E-state index < -0.39 is 10.2 Å². The van der Waals surface area contributed by atoms with Gasteiger partial charge in [0.1, 0.15) is 0 Å². The molecule has 1 heterocycles. The second-order valence-electron chi connectivity index (χ2n) is 4.40. The van der Waals surface area contributed by atoms with Gasteiger partial charge >= 0.3 is 0 Å². The molecule has 0 aliphatic carbocycles. The molecule has 0 aromatic carbocycles. The molecule has 0 saturated carbocycles. The minimum absolute atomic E-state index is 0.537. The molecule has 0 bridgehead atoms. The quantitative estimate of drug-likeness (QED) is 0.689. The number of likely N-dealkylation sites (N-methyl/N-ethyl adjacent to an activating group) is 2. The number of rotatable bonds is 5. The molecule has 1 rings (SSSR count). The van der Waals surface area contributed by atoms with E-state index in [0.717, 1.165) is 19.4 Å². The number of hydrogen-bond acceptors (Lipinski definition) is 3. The molecule has 0 N–H and O–H groups in total. The summed E-state index contributed by atoms with van der Waals surface area (Å²) in [5, 5.41) is 0. The Morgan fingerprint density at radius 2 is 1.69 bits per heavy atom. The highest BCUT2D eigenvalue weighted by Crippen LogP contribution is 2.14. The Hall–Kier alpha value is -0.170. The fourth-order valence-electron chi connectivity index (χ4n) is 1.61. The van der Waals surface area contributed by atoms with Crippen LogP contribution in [0.3, 0.4) is 0 Å². The van der Waals surface area contributed by atoms with Gasteiger partial charge in [0, 0.05) is 33.2 Å². The zero-order chi connectivity index (χ0) is 12.2. The highest BCUT2D eigenvalue weighted by Gasteiger charge is 2.27. The Balaban J connectivity index is 2.54. The molecule has 1 fully saturated rings. The molecule has 6 heteroatoms. The van der Waals surface area contributed by atoms with E-state index in [9.17, 15) is 8.42 Å². The van der Waals surface area contributed by atoms with E-state index in [0.29, 0.717) is 19.6 Å². The fourth-order valence-corrected chi connectivity index (χ4v) is 2.99. The maximum absolute atomic E-state index is 12.1. The predicted molar refractivity (Wildman–Crippen MR) is 65.2 cm³/mol. The molecule has 0 amide bonds. The molecule has 16 heavy (non-hydrogen) atoms. The average Bonchev–Trinajstić information content (AvgIpc) is 2.27. The van der Waals surface area contributed by atoms with Crippen molar-refractivity contribution in [1.82, 2.24) is 13.5 Å². The second-order valence-corrected chi connectivity index (χ2v) is 6.43. The number of piperidine rings is 1. The van der Waals surface area contributed by atoms with Crippen LogP contribution in [0.15, 0.2) is 0 Å². The Bertz CT molecular complexity index is 297. The van der Waals surface area contributed by atoms with Crippen molar-refractivity contribution in [2.75, 3.05) is 47.3 Å².